The number of nitrogens with one attached hydrogen (secondary N) is 1. The van der Waals surface area contributed by atoms with Crippen molar-refractivity contribution in [1.82, 2.24) is 14.9 Å². The van der Waals surface area contributed by atoms with Crippen LogP contribution in [0.25, 0.3) is 16.6 Å². The molecule has 0 aliphatic heterocycles. The second-order valence-corrected chi connectivity index (χ2v) is 7.33. The summed E-state index contributed by atoms with van der Waals surface area (Å²) < 4.78 is 6.94. The quantitative estimate of drug-likeness (QED) is 0.378. The Morgan fingerprint density at radius 2 is 2.00 bits per heavy atom. The van der Waals surface area contributed by atoms with Gasteiger partial charge in [-0.05, 0) is 31.2 Å². The second kappa shape index (κ2) is 8.75. The first-order chi connectivity index (χ1) is 13.6. The number of para-hydroxylation sites is 3. The van der Waals surface area contributed by atoms with E-state index in [9.17, 15) is 9.59 Å². The standard InChI is InChI=1S/C21H21N3O3S/c1-4-13-22-19(25)14(2)28-21-23-16-10-6-5-9-15(16)20(26)24(21)17-11-7-8-12-18(17)27-3/h4-12,14H,1,13H2,2-3H3,(H,22,25)/t14-/m0/s1. The highest BCUT2D eigenvalue weighted by Crippen LogP contribution is 2.29. The Morgan fingerprint density at radius 3 is 2.75 bits per heavy atom. The van der Waals surface area contributed by atoms with E-state index in [0.29, 0.717) is 34.0 Å². The maximum absolute atomic E-state index is 13.3. The van der Waals surface area contributed by atoms with E-state index in [-0.39, 0.29) is 11.5 Å². The van der Waals surface area contributed by atoms with Crippen molar-refractivity contribution in [3.05, 3.63) is 71.5 Å². The van der Waals surface area contributed by atoms with Crippen LogP contribution in [0.4, 0.5) is 0 Å². The maximum Gasteiger partial charge on any atom is 0.266 e. The number of hydrogen-bond acceptors (Lipinski definition) is 5. The highest BCUT2D eigenvalue weighted by molar-refractivity contribution is 8.00. The molecule has 0 spiro atoms. The normalized spacial score (nSPS) is 11.8. The van der Waals surface area contributed by atoms with Crippen LogP contribution in [-0.2, 0) is 4.79 Å². The van der Waals surface area contributed by atoms with Crippen molar-refractivity contribution in [2.75, 3.05) is 13.7 Å². The number of thioether (sulfide) groups is 1. The average Bonchev–Trinajstić information content (AvgIpc) is 2.72. The third kappa shape index (κ3) is 3.94. The summed E-state index contributed by atoms with van der Waals surface area (Å²) in [5.74, 6) is 0.395. The summed E-state index contributed by atoms with van der Waals surface area (Å²) in [6, 6.07) is 14.4. The summed E-state index contributed by atoms with van der Waals surface area (Å²) in [5, 5.41) is 3.25. The van der Waals surface area contributed by atoms with Gasteiger partial charge in [0.1, 0.15) is 5.75 Å². The smallest absolute Gasteiger partial charge is 0.266 e. The summed E-state index contributed by atoms with van der Waals surface area (Å²) in [6.07, 6.45) is 1.62. The van der Waals surface area contributed by atoms with Gasteiger partial charge >= 0.3 is 0 Å². The highest BCUT2D eigenvalue weighted by atomic mass is 32.2. The number of rotatable bonds is 7. The molecule has 3 rings (SSSR count). The van der Waals surface area contributed by atoms with Crippen LogP contribution in [0.3, 0.4) is 0 Å². The topological polar surface area (TPSA) is 73.2 Å². The molecule has 2 aromatic carbocycles. The molecule has 0 saturated carbocycles. The lowest BCUT2D eigenvalue weighted by Gasteiger charge is -2.17. The lowest BCUT2D eigenvalue weighted by molar-refractivity contribution is -0.120. The number of amides is 1. The van der Waals surface area contributed by atoms with E-state index in [1.165, 1.54) is 16.3 Å². The fourth-order valence-corrected chi connectivity index (χ4v) is 3.69. The largest absolute Gasteiger partial charge is 0.495 e. The predicted molar refractivity (Wildman–Crippen MR) is 112 cm³/mol. The third-order valence-corrected chi connectivity index (χ3v) is 5.20. The van der Waals surface area contributed by atoms with E-state index in [4.69, 9.17) is 4.74 Å². The van der Waals surface area contributed by atoms with Gasteiger partial charge in [-0.25, -0.2) is 4.98 Å². The Labute approximate surface area is 167 Å². The fraction of sp³-hybridized carbons (Fsp3) is 0.190. The van der Waals surface area contributed by atoms with Crippen molar-refractivity contribution in [2.24, 2.45) is 0 Å². The Balaban J connectivity index is 2.16. The third-order valence-electron chi connectivity index (χ3n) is 4.14. The van der Waals surface area contributed by atoms with Crippen LogP contribution >= 0.6 is 11.8 Å². The molecule has 0 aliphatic rings. The first kappa shape index (κ1) is 19.7. The van der Waals surface area contributed by atoms with Gasteiger partial charge in [0.25, 0.3) is 5.56 Å². The first-order valence-electron chi connectivity index (χ1n) is 8.77. The van der Waals surface area contributed by atoms with E-state index in [1.54, 1.807) is 50.4 Å². The molecule has 0 bridgehead atoms. The SMILES string of the molecule is C=CCNC(=O)[C@H](C)Sc1nc2ccccc2c(=O)n1-c1ccccc1OC. The van der Waals surface area contributed by atoms with Gasteiger partial charge in [0.05, 0.1) is 29.0 Å². The van der Waals surface area contributed by atoms with Crippen LogP contribution in [0.15, 0.2) is 71.1 Å². The molecule has 7 heteroatoms. The van der Waals surface area contributed by atoms with Gasteiger partial charge in [0.2, 0.25) is 5.91 Å². The molecule has 0 radical (unpaired) electrons. The van der Waals surface area contributed by atoms with Crippen molar-refractivity contribution in [1.29, 1.82) is 0 Å². The summed E-state index contributed by atoms with van der Waals surface area (Å²) in [6.45, 7) is 5.76. The average molecular weight is 395 g/mol. The Bertz CT molecular complexity index is 1080. The van der Waals surface area contributed by atoms with E-state index in [1.807, 2.05) is 18.2 Å². The van der Waals surface area contributed by atoms with Crippen molar-refractivity contribution in [2.45, 2.75) is 17.3 Å². The van der Waals surface area contributed by atoms with Crippen LogP contribution in [0.5, 0.6) is 5.75 Å². The summed E-state index contributed by atoms with van der Waals surface area (Å²) >= 11 is 1.22. The minimum atomic E-state index is -0.450. The van der Waals surface area contributed by atoms with Gasteiger partial charge in [-0.15, -0.1) is 6.58 Å². The molecule has 0 fully saturated rings. The maximum atomic E-state index is 13.3. The molecule has 1 heterocycles. The van der Waals surface area contributed by atoms with Crippen molar-refractivity contribution >= 4 is 28.6 Å². The predicted octanol–water partition coefficient (Wildman–Crippen LogP) is 3.18. The van der Waals surface area contributed by atoms with Crippen LogP contribution in [0.2, 0.25) is 0 Å². The number of aromatic nitrogens is 2. The first-order valence-corrected chi connectivity index (χ1v) is 9.65. The summed E-state index contributed by atoms with van der Waals surface area (Å²) in [4.78, 5) is 30.2. The number of ether oxygens (including phenoxy) is 1. The zero-order chi connectivity index (χ0) is 20.1. The number of nitrogens with zero attached hydrogens (tertiary/aromatic N) is 2. The molecule has 0 aliphatic carbocycles. The summed E-state index contributed by atoms with van der Waals surface area (Å²) in [7, 11) is 1.55. The molecule has 1 aromatic heterocycles. The molecule has 6 nitrogen and oxygen atoms in total. The van der Waals surface area contributed by atoms with E-state index >= 15 is 0 Å². The van der Waals surface area contributed by atoms with E-state index in [2.05, 4.69) is 16.9 Å². The number of fused-ring (bicyclic) bond motifs is 1. The van der Waals surface area contributed by atoms with Crippen molar-refractivity contribution in [3.8, 4) is 11.4 Å². The number of carbonyl (C=O) groups is 1. The molecule has 28 heavy (non-hydrogen) atoms. The van der Waals surface area contributed by atoms with Gasteiger partial charge in [-0.3, -0.25) is 14.2 Å². The lowest BCUT2D eigenvalue weighted by atomic mass is 10.2. The Morgan fingerprint density at radius 1 is 1.29 bits per heavy atom. The molecule has 1 N–H and O–H groups in total. The molecular weight excluding hydrogens is 374 g/mol. The monoisotopic (exact) mass is 395 g/mol. The minimum absolute atomic E-state index is 0.154. The number of benzene rings is 2. The van der Waals surface area contributed by atoms with Gasteiger partial charge in [-0.1, -0.05) is 42.1 Å². The number of hydrogen-bond donors (Lipinski definition) is 1. The molecule has 144 valence electrons. The zero-order valence-electron chi connectivity index (χ0n) is 15.7. The van der Waals surface area contributed by atoms with Crippen molar-refractivity contribution < 1.29 is 9.53 Å². The molecule has 3 aromatic rings. The Hall–Kier alpha value is -3.06. The van der Waals surface area contributed by atoms with Crippen LogP contribution in [-0.4, -0.2) is 34.4 Å². The molecular formula is C21H21N3O3S. The number of carbonyl (C=O) groups excluding carboxylic acids is 1. The second-order valence-electron chi connectivity index (χ2n) is 6.02. The van der Waals surface area contributed by atoms with Gasteiger partial charge < -0.3 is 10.1 Å². The molecule has 1 amide bonds. The molecule has 1 atom stereocenters. The van der Waals surface area contributed by atoms with Crippen LogP contribution in [0, 0.1) is 0 Å². The minimum Gasteiger partial charge on any atom is -0.495 e. The molecule has 0 unspecified atom stereocenters. The fourth-order valence-electron chi connectivity index (χ4n) is 2.75. The van der Waals surface area contributed by atoms with Gasteiger partial charge in [0.15, 0.2) is 5.16 Å². The van der Waals surface area contributed by atoms with Gasteiger partial charge in [0, 0.05) is 6.54 Å². The highest BCUT2D eigenvalue weighted by Gasteiger charge is 2.21. The zero-order valence-corrected chi connectivity index (χ0v) is 16.5. The lowest BCUT2D eigenvalue weighted by Crippen LogP contribution is -2.32. The van der Waals surface area contributed by atoms with Crippen LogP contribution in [0.1, 0.15) is 6.92 Å². The van der Waals surface area contributed by atoms with Crippen LogP contribution < -0.4 is 15.6 Å². The number of methoxy groups -OCH3 is 1. The molecule has 0 saturated heterocycles. The summed E-state index contributed by atoms with van der Waals surface area (Å²) in [5.41, 5.74) is 0.950. The Kier molecular flexibility index (Phi) is 6.16. The van der Waals surface area contributed by atoms with Gasteiger partial charge in [-0.2, -0.15) is 0 Å². The van der Waals surface area contributed by atoms with E-state index in [0.717, 1.165) is 0 Å². The van der Waals surface area contributed by atoms with Crippen molar-refractivity contribution in [3.63, 3.8) is 0 Å². The van der Waals surface area contributed by atoms with E-state index < -0.39 is 5.25 Å².